The van der Waals surface area contributed by atoms with Crippen LogP contribution >= 0.6 is 0 Å². The van der Waals surface area contributed by atoms with Crippen molar-refractivity contribution in [2.75, 3.05) is 26.0 Å². The summed E-state index contributed by atoms with van der Waals surface area (Å²) >= 11 is 0. The van der Waals surface area contributed by atoms with Gasteiger partial charge >= 0.3 is 0 Å². The van der Waals surface area contributed by atoms with E-state index in [0.717, 1.165) is 24.5 Å². The zero-order valence-corrected chi connectivity index (χ0v) is 13.1. The van der Waals surface area contributed by atoms with E-state index in [1.54, 1.807) is 7.11 Å². The van der Waals surface area contributed by atoms with Crippen LogP contribution in [0.4, 0.5) is 5.69 Å². The first-order valence-corrected chi connectivity index (χ1v) is 7.46. The summed E-state index contributed by atoms with van der Waals surface area (Å²) in [6.07, 6.45) is 0.505. The van der Waals surface area contributed by atoms with Crippen LogP contribution in [0.2, 0.25) is 0 Å². The highest BCUT2D eigenvalue weighted by Crippen LogP contribution is 2.14. The van der Waals surface area contributed by atoms with Gasteiger partial charge < -0.3 is 15.0 Å². The van der Waals surface area contributed by atoms with Crippen LogP contribution < -0.4 is 15.0 Å². The highest BCUT2D eigenvalue weighted by molar-refractivity contribution is 5.90. The Morgan fingerprint density at radius 3 is 2.41 bits per heavy atom. The lowest BCUT2D eigenvalue weighted by Crippen LogP contribution is -3.07. The zero-order valence-electron chi connectivity index (χ0n) is 13.1. The first kappa shape index (κ1) is 16.0. The van der Waals surface area contributed by atoms with Gasteiger partial charge in [-0.2, -0.15) is 0 Å². The lowest BCUT2D eigenvalue weighted by atomic mass is 10.2. The maximum atomic E-state index is 12.0. The smallest absolute Gasteiger partial charge is 0.230 e. The van der Waals surface area contributed by atoms with Gasteiger partial charge in [0.25, 0.3) is 0 Å². The summed E-state index contributed by atoms with van der Waals surface area (Å²) in [5, 5.41) is 2.90. The van der Waals surface area contributed by atoms with Gasteiger partial charge in [-0.25, -0.2) is 0 Å². The second kappa shape index (κ2) is 8.20. The van der Waals surface area contributed by atoms with E-state index in [1.165, 1.54) is 10.5 Å². The third kappa shape index (κ3) is 5.22. The van der Waals surface area contributed by atoms with Crippen molar-refractivity contribution in [3.05, 3.63) is 60.2 Å². The molecule has 2 aromatic carbocycles. The Kier molecular flexibility index (Phi) is 5.98. The van der Waals surface area contributed by atoms with E-state index in [0.29, 0.717) is 6.42 Å². The number of amides is 1. The summed E-state index contributed by atoms with van der Waals surface area (Å²) in [7, 11) is 3.73. The molecule has 0 aliphatic heterocycles. The van der Waals surface area contributed by atoms with Crippen molar-refractivity contribution >= 4 is 11.6 Å². The normalized spacial score (nSPS) is 11.7. The third-order valence-electron chi connectivity index (χ3n) is 3.50. The Morgan fingerprint density at radius 2 is 1.77 bits per heavy atom. The summed E-state index contributed by atoms with van der Waals surface area (Å²) in [6, 6.07) is 17.7. The molecule has 0 fully saturated rings. The Morgan fingerprint density at radius 1 is 1.09 bits per heavy atom. The van der Waals surface area contributed by atoms with Crippen LogP contribution in [0.3, 0.4) is 0 Å². The minimum atomic E-state index is 0.0394. The molecule has 2 aromatic rings. The number of hydrogen-bond donors (Lipinski definition) is 2. The van der Waals surface area contributed by atoms with Crippen LogP contribution in [0.1, 0.15) is 12.0 Å². The first-order chi connectivity index (χ1) is 10.7. The zero-order chi connectivity index (χ0) is 15.8. The second-order valence-electron chi connectivity index (χ2n) is 5.40. The van der Waals surface area contributed by atoms with Crippen LogP contribution in [0.15, 0.2) is 54.6 Å². The minimum absolute atomic E-state index is 0.0394. The Labute approximate surface area is 131 Å². The molecule has 2 N–H and O–H groups in total. The fourth-order valence-electron chi connectivity index (χ4n) is 2.26. The van der Waals surface area contributed by atoms with Gasteiger partial charge in [-0.05, 0) is 24.3 Å². The van der Waals surface area contributed by atoms with E-state index in [-0.39, 0.29) is 5.91 Å². The lowest BCUT2D eigenvalue weighted by molar-refractivity contribution is -0.893. The summed E-state index contributed by atoms with van der Waals surface area (Å²) < 4.78 is 5.09. The quantitative estimate of drug-likeness (QED) is 0.818. The van der Waals surface area contributed by atoms with Gasteiger partial charge in [0.1, 0.15) is 12.3 Å². The molecule has 0 aromatic heterocycles. The van der Waals surface area contributed by atoms with Crippen molar-refractivity contribution in [2.45, 2.75) is 13.0 Å². The van der Waals surface area contributed by atoms with Crippen LogP contribution in [0.25, 0.3) is 0 Å². The molecule has 0 aliphatic rings. The van der Waals surface area contributed by atoms with Crippen LogP contribution in [0, 0.1) is 0 Å². The van der Waals surface area contributed by atoms with Gasteiger partial charge in [0, 0.05) is 11.3 Å². The van der Waals surface area contributed by atoms with E-state index in [2.05, 4.69) is 24.5 Å². The maximum absolute atomic E-state index is 12.0. The number of ether oxygens (including phenoxy) is 1. The van der Waals surface area contributed by atoms with Gasteiger partial charge in [0.05, 0.1) is 27.1 Å². The number of nitrogens with one attached hydrogen (secondary N) is 2. The molecule has 0 radical (unpaired) electrons. The van der Waals surface area contributed by atoms with E-state index in [9.17, 15) is 4.79 Å². The monoisotopic (exact) mass is 299 g/mol. The van der Waals surface area contributed by atoms with Gasteiger partial charge in [-0.1, -0.05) is 30.3 Å². The number of benzene rings is 2. The van der Waals surface area contributed by atoms with Crippen molar-refractivity contribution in [2.24, 2.45) is 0 Å². The lowest BCUT2D eigenvalue weighted by Gasteiger charge is -2.14. The predicted octanol–water partition coefficient (Wildman–Crippen LogP) is 1.74. The topological polar surface area (TPSA) is 42.8 Å². The number of anilines is 1. The maximum Gasteiger partial charge on any atom is 0.230 e. The average molecular weight is 299 g/mol. The Hall–Kier alpha value is -2.33. The SMILES string of the molecule is COc1ccc(NC(=O)CC[NH+](C)Cc2ccccc2)cc1. The molecule has 4 heteroatoms. The minimum Gasteiger partial charge on any atom is -0.497 e. The molecule has 1 amide bonds. The van der Waals surface area contributed by atoms with Gasteiger partial charge in [-0.3, -0.25) is 4.79 Å². The number of methoxy groups -OCH3 is 1. The first-order valence-electron chi connectivity index (χ1n) is 7.46. The number of rotatable bonds is 7. The molecule has 4 nitrogen and oxygen atoms in total. The third-order valence-corrected chi connectivity index (χ3v) is 3.50. The largest absolute Gasteiger partial charge is 0.497 e. The number of quaternary nitrogens is 1. The van der Waals surface area contributed by atoms with E-state index in [1.807, 2.05) is 42.5 Å². The molecule has 1 atom stereocenters. The van der Waals surface area contributed by atoms with Gasteiger partial charge in [0.2, 0.25) is 5.91 Å². The Balaban J connectivity index is 1.74. The molecule has 0 spiro atoms. The molecule has 2 rings (SSSR count). The van der Waals surface area contributed by atoms with E-state index >= 15 is 0 Å². The molecule has 0 saturated heterocycles. The standard InChI is InChI=1S/C18H22N2O2/c1-20(14-15-6-4-3-5-7-15)13-12-18(21)19-16-8-10-17(22-2)11-9-16/h3-11H,12-14H2,1-2H3,(H,19,21)/p+1. The van der Waals surface area contributed by atoms with Gasteiger partial charge in [-0.15, -0.1) is 0 Å². The van der Waals surface area contributed by atoms with E-state index in [4.69, 9.17) is 4.74 Å². The molecule has 116 valence electrons. The molecule has 0 heterocycles. The van der Waals surface area contributed by atoms with Crippen molar-refractivity contribution in [3.8, 4) is 5.75 Å². The molecule has 0 saturated carbocycles. The highest BCUT2D eigenvalue weighted by Gasteiger charge is 2.08. The molecular weight excluding hydrogens is 276 g/mol. The van der Waals surface area contributed by atoms with Crippen molar-refractivity contribution in [1.29, 1.82) is 0 Å². The molecular formula is C18H23N2O2+. The number of carbonyl (C=O) groups is 1. The molecule has 1 unspecified atom stereocenters. The van der Waals surface area contributed by atoms with Crippen molar-refractivity contribution in [1.82, 2.24) is 0 Å². The molecule has 22 heavy (non-hydrogen) atoms. The fraction of sp³-hybridized carbons (Fsp3) is 0.278. The van der Waals surface area contributed by atoms with Crippen LogP contribution in [-0.2, 0) is 11.3 Å². The van der Waals surface area contributed by atoms with Crippen molar-refractivity contribution < 1.29 is 14.4 Å². The summed E-state index contributed by atoms with van der Waals surface area (Å²) in [6.45, 7) is 1.73. The number of carbonyl (C=O) groups excluding carboxylic acids is 1. The average Bonchev–Trinajstić information content (AvgIpc) is 2.55. The van der Waals surface area contributed by atoms with Gasteiger partial charge in [0.15, 0.2) is 0 Å². The molecule has 0 aliphatic carbocycles. The summed E-state index contributed by atoms with van der Waals surface area (Å²) in [4.78, 5) is 13.3. The summed E-state index contributed by atoms with van der Waals surface area (Å²) in [5.74, 6) is 0.822. The van der Waals surface area contributed by atoms with E-state index < -0.39 is 0 Å². The predicted molar refractivity (Wildman–Crippen MR) is 88.1 cm³/mol. The summed E-state index contributed by atoms with van der Waals surface area (Å²) in [5.41, 5.74) is 2.09. The van der Waals surface area contributed by atoms with Crippen LogP contribution in [-0.4, -0.2) is 26.6 Å². The van der Waals surface area contributed by atoms with Crippen molar-refractivity contribution in [3.63, 3.8) is 0 Å². The fourth-order valence-corrected chi connectivity index (χ4v) is 2.26. The van der Waals surface area contributed by atoms with Crippen LogP contribution in [0.5, 0.6) is 5.75 Å². The number of hydrogen-bond acceptors (Lipinski definition) is 2. The second-order valence-corrected chi connectivity index (χ2v) is 5.40. The molecule has 0 bridgehead atoms. The highest BCUT2D eigenvalue weighted by atomic mass is 16.5. The Bertz CT molecular complexity index is 582.